The van der Waals surface area contributed by atoms with Gasteiger partial charge in [-0.1, -0.05) is 12.1 Å². The van der Waals surface area contributed by atoms with Crippen LogP contribution in [0.5, 0.6) is 11.5 Å². The number of phenolic OH excluding ortho intramolecular Hbond substituents is 1. The summed E-state index contributed by atoms with van der Waals surface area (Å²) in [6, 6.07) is 3.39. The fraction of sp³-hybridized carbons (Fsp3) is 0.559. The van der Waals surface area contributed by atoms with Crippen LogP contribution in [-0.2, 0) is 61.8 Å². The Balaban J connectivity index is 1.45. The van der Waals surface area contributed by atoms with Crippen LogP contribution in [0.15, 0.2) is 42.7 Å². The number of esters is 5. The van der Waals surface area contributed by atoms with Crippen LogP contribution >= 0.6 is 0 Å². The molecule has 0 bridgehead atoms. The summed E-state index contributed by atoms with van der Waals surface area (Å²) in [5, 5.41) is 62.6. The number of hydrogen-bond donors (Lipinski definition) is 6. The number of para-hydroxylation sites is 1. The van der Waals surface area contributed by atoms with Crippen LogP contribution in [0, 0.1) is 5.92 Å². The van der Waals surface area contributed by atoms with Crippen LogP contribution in [0.25, 0.3) is 0 Å². The molecule has 6 N–H and O–H groups in total. The highest BCUT2D eigenvalue weighted by molar-refractivity contribution is 5.93. The second-order valence-corrected chi connectivity index (χ2v) is 12.7. The van der Waals surface area contributed by atoms with Crippen molar-refractivity contribution in [1.29, 1.82) is 0 Å². The maximum atomic E-state index is 13.7. The van der Waals surface area contributed by atoms with Gasteiger partial charge in [-0.25, -0.2) is 9.59 Å². The van der Waals surface area contributed by atoms with Gasteiger partial charge in [0.05, 0.1) is 25.4 Å². The molecule has 21 heteroatoms. The van der Waals surface area contributed by atoms with Crippen LogP contribution in [0.2, 0.25) is 0 Å². The third-order valence-electron chi connectivity index (χ3n) is 8.98. The lowest BCUT2D eigenvalue weighted by Gasteiger charge is -2.47. The molecule has 5 rings (SSSR count). The molecule has 4 aliphatic rings. The zero-order valence-electron chi connectivity index (χ0n) is 29.5. The summed E-state index contributed by atoms with van der Waals surface area (Å²) >= 11 is 0. The summed E-state index contributed by atoms with van der Waals surface area (Å²) in [5.74, 6) is -7.83. The molecule has 1 aromatic carbocycles. The van der Waals surface area contributed by atoms with Gasteiger partial charge in [-0.3, -0.25) is 14.4 Å². The van der Waals surface area contributed by atoms with Crippen molar-refractivity contribution in [1.82, 2.24) is 0 Å². The molecule has 13 unspecified atom stereocenters. The van der Waals surface area contributed by atoms with Crippen molar-refractivity contribution in [2.75, 3.05) is 13.2 Å². The largest absolute Gasteiger partial charge is 0.504 e. The van der Waals surface area contributed by atoms with E-state index in [1.54, 1.807) is 0 Å². The van der Waals surface area contributed by atoms with Gasteiger partial charge >= 0.3 is 29.8 Å². The molecule has 0 spiro atoms. The van der Waals surface area contributed by atoms with E-state index in [-0.39, 0.29) is 18.6 Å². The molecule has 4 aliphatic heterocycles. The molecule has 0 aliphatic carbocycles. The number of aromatic hydroxyl groups is 1. The summed E-state index contributed by atoms with van der Waals surface area (Å²) in [6.45, 7) is 5.67. The van der Waals surface area contributed by atoms with Gasteiger partial charge in [0.1, 0.15) is 41.2 Å². The fourth-order valence-corrected chi connectivity index (χ4v) is 6.36. The fourth-order valence-electron chi connectivity index (χ4n) is 6.36. The smallest absolute Gasteiger partial charge is 0.342 e. The first-order valence-corrected chi connectivity index (χ1v) is 16.7. The van der Waals surface area contributed by atoms with Gasteiger partial charge in [-0.05, 0) is 12.1 Å². The number of benzene rings is 1. The van der Waals surface area contributed by atoms with Crippen molar-refractivity contribution in [3.05, 3.63) is 48.3 Å². The number of ether oxygens (including phenoxy) is 10. The Labute approximate surface area is 311 Å². The van der Waals surface area contributed by atoms with Crippen LogP contribution in [0.1, 0.15) is 37.6 Å². The van der Waals surface area contributed by atoms with Crippen molar-refractivity contribution in [3.63, 3.8) is 0 Å². The zero-order chi connectivity index (χ0) is 40.4. The van der Waals surface area contributed by atoms with Crippen molar-refractivity contribution in [2.45, 2.75) is 101 Å². The minimum Gasteiger partial charge on any atom is -0.504 e. The summed E-state index contributed by atoms with van der Waals surface area (Å²) in [4.78, 5) is 63.2. The van der Waals surface area contributed by atoms with Gasteiger partial charge in [0.25, 0.3) is 0 Å². The first-order chi connectivity index (χ1) is 26.0. The standard InChI is InChI=1S/C34H40O21/c1-5-17-30(47-12-18-29(44)46-10-9-34(17,18)45)54-33-26(49-14(3)37)25(48-13(2)36)27(32(55-33)50-15(4)38)53-28(43)16-7-6-8-19(21(16)39)51-31-24(42)23(41)22(40)20(11-35)52-31/h5-8,12,17,20,22-27,30-33,35,39-42,45H,1,9-11H2,2-4H3. The molecule has 3 saturated heterocycles. The van der Waals surface area contributed by atoms with E-state index in [1.165, 1.54) is 12.1 Å². The lowest BCUT2D eigenvalue weighted by atomic mass is 9.76. The molecular formula is C34H40O21. The quantitative estimate of drug-likeness (QED) is 0.0799. The van der Waals surface area contributed by atoms with Gasteiger partial charge in [0.2, 0.25) is 31.3 Å². The summed E-state index contributed by atoms with van der Waals surface area (Å²) < 4.78 is 54.9. The number of cyclic esters (lactones) is 1. The Morgan fingerprint density at radius 1 is 0.873 bits per heavy atom. The van der Waals surface area contributed by atoms with Gasteiger partial charge in [0, 0.05) is 27.2 Å². The average Bonchev–Trinajstić information content (AvgIpc) is 3.11. The lowest BCUT2D eigenvalue weighted by Crippen LogP contribution is -2.64. The van der Waals surface area contributed by atoms with E-state index in [1.807, 2.05) is 0 Å². The summed E-state index contributed by atoms with van der Waals surface area (Å²) in [6.07, 6.45) is -17.5. The number of rotatable bonds is 11. The molecule has 13 atom stereocenters. The van der Waals surface area contributed by atoms with Gasteiger partial charge in [-0.2, -0.15) is 0 Å². The summed E-state index contributed by atoms with van der Waals surface area (Å²) in [5.41, 5.74) is -2.74. The van der Waals surface area contributed by atoms with Gasteiger partial charge in [0.15, 0.2) is 23.7 Å². The molecule has 302 valence electrons. The van der Waals surface area contributed by atoms with E-state index in [9.17, 15) is 54.6 Å². The number of phenols is 1. The molecule has 1 aromatic rings. The van der Waals surface area contributed by atoms with E-state index < -0.39 is 133 Å². The van der Waals surface area contributed by atoms with E-state index in [2.05, 4.69) is 6.58 Å². The number of aliphatic hydroxyl groups excluding tert-OH is 4. The second-order valence-electron chi connectivity index (χ2n) is 12.7. The van der Waals surface area contributed by atoms with Crippen molar-refractivity contribution in [2.24, 2.45) is 5.92 Å². The van der Waals surface area contributed by atoms with Crippen molar-refractivity contribution < 1.29 is 102 Å². The molecule has 4 heterocycles. The number of carbonyl (C=O) groups excluding carboxylic acids is 5. The van der Waals surface area contributed by atoms with Crippen LogP contribution in [0.3, 0.4) is 0 Å². The minimum atomic E-state index is -1.98. The third-order valence-corrected chi connectivity index (χ3v) is 8.98. The topological polar surface area (TPSA) is 299 Å². The average molecular weight is 785 g/mol. The molecule has 55 heavy (non-hydrogen) atoms. The Bertz CT molecular complexity index is 1680. The van der Waals surface area contributed by atoms with Crippen molar-refractivity contribution >= 4 is 29.8 Å². The molecular weight excluding hydrogens is 744 g/mol. The van der Waals surface area contributed by atoms with E-state index in [4.69, 9.17) is 47.4 Å². The molecule has 0 aromatic heterocycles. The van der Waals surface area contributed by atoms with Gasteiger partial charge < -0.3 is 78.0 Å². The van der Waals surface area contributed by atoms with Crippen LogP contribution < -0.4 is 4.74 Å². The normalized spacial score (nSPS) is 35.7. The zero-order valence-corrected chi connectivity index (χ0v) is 29.5. The number of hydrogen-bond acceptors (Lipinski definition) is 21. The number of aliphatic hydroxyl groups is 5. The first-order valence-electron chi connectivity index (χ1n) is 16.7. The Morgan fingerprint density at radius 2 is 1.53 bits per heavy atom. The highest BCUT2D eigenvalue weighted by Crippen LogP contribution is 2.43. The predicted octanol–water partition coefficient (Wildman–Crippen LogP) is -2.06. The Morgan fingerprint density at radius 3 is 2.16 bits per heavy atom. The maximum Gasteiger partial charge on any atom is 0.342 e. The van der Waals surface area contributed by atoms with Gasteiger partial charge in [-0.15, -0.1) is 6.58 Å². The first kappa shape index (κ1) is 41.3. The maximum absolute atomic E-state index is 13.7. The minimum absolute atomic E-state index is 0.0881. The lowest BCUT2D eigenvalue weighted by molar-refractivity contribution is -0.371. The monoisotopic (exact) mass is 784 g/mol. The Hall–Kier alpha value is -4.87. The molecule has 21 nitrogen and oxygen atoms in total. The number of carbonyl (C=O) groups is 5. The second kappa shape index (κ2) is 16.9. The molecule has 0 radical (unpaired) electrons. The van der Waals surface area contributed by atoms with Crippen LogP contribution in [-0.4, -0.2) is 147 Å². The highest BCUT2D eigenvalue weighted by Gasteiger charge is 2.58. The molecule has 0 amide bonds. The van der Waals surface area contributed by atoms with E-state index in [0.717, 1.165) is 39.2 Å². The molecule has 0 saturated carbocycles. The number of fused-ring (bicyclic) bond motifs is 1. The summed E-state index contributed by atoms with van der Waals surface area (Å²) in [7, 11) is 0. The van der Waals surface area contributed by atoms with Crippen LogP contribution in [0.4, 0.5) is 0 Å². The SMILES string of the molecule is C=CC1C(OC2OC(OC(C)=O)C(OC(=O)c3cccc(OC4OC(CO)C(O)C(O)C4O)c3O)C(OC(C)=O)C2OC(C)=O)OC=C2C(=O)OCCC21O. The Kier molecular flexibility index (Phi) is 12.7. The van der Waals surface area contributed by atoms with E-state index >= 15 is 0 Å². The third kappa shape index (κ3) is 8.53. The predicted molar refractivity (Wildman–Crippen MR) is 171 cm³/mol. The van der Waals surface area contributed by atoms with E-state index in [0.29, 0.717) is 0 Å². The van der Waals surface area contributed by atoms with Crippen molar-refractivity contribution in [3.8, 4) is 11.5 Å². The highest BCUT2D eigenvalue weighted by atomic mass is 16.8. The molecule has 3 fully saturated rings.